The van der Waals surface area contributed by atoms with Gasteiger partial charge in [-0.05, 0) is 36.3 Å². The van der Waals surface area contributed by atoms with Crippen LogP contribution in [0.2, 0.25) is 0 Å². The van der Waals surface area contributed by atoms with Crippen molar-refractivity contribution in [2.24, 2.45) is 0 Å². The van der Waals surface area contributed by atoms with Gasteiger partial charge < -0.3 is 15.4 Å². The zero-order valence-corrected chi connectivity index (χ0v) is 14.6. The molecule has 0 aliphatic heterocycles. The fraction of sp³-hybridized carbons (Fsp3) is 0.263. The largest absolute Gasteiger partial charge is 0.491 e. The van der Waals surface area contributed by atoms with Crippen molar-refractivity contribution in [3.05, 3.63) is 60.2 Å². The number of benzene rings is 2. The van der Waals surface area contributed by atoms with Gasteiger partial charge in [0.2, 0.25) is 5.91 Å². The maximum Gasteiger partial charge on any atom is 0.230 e. The number of nitrogens with one attached hydrogen (secondary N) is 2. The van der Waals surface area contributed by atoms with Gasteiger partial charge in [0.15, 0.2) is 5.11 Å². The first-order valence-electron chi connectivity index (χ1n) is 8.05. The predicted octanol–water partition coefficient (Wildman–Crippen LogP) is 3.92. The van der Waals surface area contributed by atoms with Gasteiger partial charge in [0.1, 0.15) is 5.75 Å². The molecule has 1 amide bonds. The number of carbonyl (C=O) groups is 1. The quantitative estimate of drug-likeness (QED) is 0.591. The maximum atomic E-state index is 12.0. The van der Waals surface area contributed by atoms with Crippen LogP contribution < -0.4 is 15.4 Å². The summed E-state index contributed by atoms with van der Waals surface area (Å²) in [6.07, 6.45) is 2.35. The second kappa shape index (κ2) is 9.67. The molecule has 24 heavy (non-hydrogen) atoms. The third-order valence-electron chi connectivity index (χ3n) is 3.35. The lowest BCUT2D eigenvalue weighted by atomic mass is 10.1. The molecule has 0 aliphatic carbocycles. The average molecular weight is 342 g/mol. The number of amides is 1. The molecule has 0 spiro atoms. The minimum Gasteiger partial charge on any atom is -0.491 e. The molecule has 2 aromatic carbocycles. The van der Waals surface area contributed by atoms with Crippen molar-refractivity contribution in [2.75, 3.05) is 11.9 Å². The van der Waals surface area contributed by atoms with E-state index >= 15 is 0 Å². The number of para-hydroxylation sites is 2. The van der Waals surface area contributed by atoms with Crippen LogP contribution >= 0.6 is 12.2 Å². The van der Waals surface area contributed by atoms with Crippen molar-refractivity contribution in [3.63, 3.8) is 0 Å². The fourth-order valence-corrected chi connectivity index (χ4v) is 2.35. The second-order valence-electron chi connectivity index (χ2n) is 5.36. The molecular formula is C19H22N2O2S. The van der Waals surface area contributed by atoms with E-state index in [1.54, 1.807) is 0 Å². The molecular weight excluding hydrogens is 320 g/mol. The minimum absolute atomic E-state index is 0.150. The molecule has 2 N–H and O–H groups in total. The van der Waals surface area contributed by atoms with Crippen molar-refractivity contribution in [3.8, 4) is 5.75 Å². The third kappa shape index (κ3) is 6.01. The number of unbranched alkanes of at least 4 members (excludes halogenated alkanes) is 1. The Kier molecular flexibility index (Phi) is 7.23. The number of thiocarbonyl (C=S) groups is 1. The van der Waals surface area contributed by atoms with E-state index in [1.807, 2.05) is 54.6 Å². The van der Waals surface area contributed by atoms with Crippen molar-refractivity contribution < 1.29 is 9.53 Å². The van der Waals surface area contributed by atoms with Crippen LogP contribution in [0.15, 0.2) is 54.6 Å². The van der Waals surface area contributed by atoms with Crippen LogP contribution in [0.3, 0.4) is 0 Å². The molecule has 0 saturated carbocycles. The number of hydrogen-bond acceptors (Lipinski definition) is 3. The third-order valence-corrected chi connectivity index (χ3v) is 3.56. The molecule has 0 saturated heterocycles. The summed E-state index contributed by atoms with van der Waals surface area (Å²) in [7, 11) is 0. The van der Waals surface area contributed by atoms with E-state index in [4.69, 9.17) is 17.0 Å². The lowest BCUT2D eigenvalue weighted by Gasteiger charge is -2.14. The summed E-state index contributed by atoms with van der Waals surface area (Å²) in [6, 6.07) is 17.1. The number of carbonyl (C=O) groups excluding carboxylic acids is 1. The highest BCUT2D eigenvalue weighted by Gasteiger charge is 2.08. The van der Waals surface area contributed by atoms with Crippen LogP contribution in [0.4, 0.5) is 5.69 Å². The molecule has 0 radical (unpaired) electrons. The molecule has 0 aliphatic rings. The Morgan fingerprint density at radius 1 is 1.08 bits per heavy atom. The molecule has 0 unspecified atom stereocenters. The van der Waals surface area contributed by atoms with Gasteiger partial charge in [-0.25, -0.2) is 0 Å². The van der Waals surface area contributed by atoms with E-state index in [9.17, 15) is 4.79 Å². The minimum atomic E-state index is -0.150. The summed E-state index contributed by atoms with van der Waals surface area (Å²) in [5.41, 5.74) is 1.69. The SMILES string of the molecule is CCCCOc1ccccc1NC(=S)NC(=O)Cc1ccccc1. The lowest BCUT2D eigenvalue weighted by Crippen LogP contribution is -2.35. The zero-order valence-electron chi connectivity index (χ0n) is 13.7. The van der Waals surface area contributed by atoms with Gasteiger partial charge in [-0.1, -0.05) is 55.8 Å². The van der Waals surface area contributed by atoms with Crippen LogP contribution in [0.1, 0.15) is 25.3 Å². The Bertz CT molecular complexity index is 674. The Morgan fingerprint density at radius 3 is 2.54 bits per heavy atom. The predicted molar refractivity (Wildman–Crippen MR) is 101 cm³/mol. The zero-order chi connectivity index (χ0) is 17.2. The molecule has 2 aromatic rings. The smallest absolute Gasteiger partial charge is 0.230 e. The number of hydrogen-bond donors (Lipinski definition) is 2. The van der Waals surface area contributed by atoms with Gasteiger partial charge in [0, 0.05) is 0 Å². The van der Waals surface area contributed by atoms with Crippen molar-refractivity contribution in [2.45, 2.75) is 26.2 Å². The monoisotopic (exact) mass is 342 g/mol. The number of rotatable bonds is 7. The second-order valence-corrected chi connectivity index (χ2v) is 5.77. The summed E-state index contributed by atoms with van der Waals surface area (Å²) >= 11 is 5.22. The molecule has 2 rings (SSSR count). The van der Waals surface area contributed by atoms with Crippen LogP contribution in [-0.2, 0) is 11.2 Å². The van der Waals surface area contributed by atoms with E-state index in [0.29, 0.717) is 6.61 Å². The number of ether oxygens (including phenoxy) is 1. The van der Waals surface area contributed by atoms with Gasteiger partial charge in [0.25, 0.3) is 0 Å². The normalized spacial score (nSPS) is 10.0. The highest BCUT2D eigenvalue weighted by molar-refractivity contribution is 7.80. The topological polar surface area (TPSA) is 50.4 Å². The molecule has 126 valence electrons. The average Bonchev–Trinajstić information content (AvgIpc) is 2.57. The summed E-state index contributed by atoms with van der Waals surface area (Å²) in [4.78, 5) is 12.0. The standard InChI is InChI=1S/C19H22N2O2S/c1-2-3-13-23-17-12-8-7-11-16(17)20-19(24)21-18(22)14-15-9-5-4-6-10-15/h4-12H,2-3,13-14H2,1H3,(H2,20,21,22,24). The highest BCUT2D eigenvalue weighted by atomic mass is 32.1. The van der Waals surface area contributed by atoms with Gasteiger partial charge in [0.05, 0.1) is 18.7 Å². The molecule has 0 heterocycles. The van der Waals surface area contributed by atoms with Crippen molar-refractivity contribution >= 4 is 28.9 Å². The van der Waals surface area contributed by atoms with Crippen LogP contribution in [0.5, 0.6) is 5.75 Å². The summed E-state index contributed by atoms with van der Waals surface area (Å²) in [6.45, 7) is 2.77. The lowest BCUT2D eigenvalue weighted by molar-refractivity contribution is -0.119. The van der Waals surface area contributed by atoms with Gasteiger partial charge in [-0.15, -0.1) is 0 Å². The van der Waals surface area contributed by atoms with Crippen LogP contribution in [0.25, 0.3) is 0 Å². The van der Waals surface area contributed by atoms with Crippen molar-refractivity contribution in [1.82, 2.24) is 5.32 Å². The molecule has 5 heteroatoms. The van der Waals surface area contributed by atoms with Crippen LogP contribution in [-0.4, -0.2) is 17.6 Å². The van der Waals surface area contributed by atoms with Crippen LogP contribution in [0, 0.1) is 0 Å². The fourth-order valence-electron chi connectivity index (χ4n) is 2.13. The van der Waals surface area contributed by atoms with E-state index < -0.39 is 0 Å². The van der Waals surface area contributed by atoms with E-state index in [-0.39, 0.29) is 17.4 Å². The van der Waals surface area contributed by atoms with Gasteiger partial charge in [-0.2, -0.15) is 0 Å². The highest BCUT2D eigenvalue weighted by Crippen LogP contribution is 2.23. The van der Waals surface area contributed by atoms with E-state index in [2.05, 4.69) is 17.6 Å². The molecule has 0 atom stereocenters. The Hall–Kier alpha value is -2.40. The molecule has 0 aromatic heterocycles. The molecule has 0 fully saturated rings. The van der Waals surface area contributed by atoms with Gasteiger partial charge in [-0.3, -0.25) is 4.79 Å². The first kappa shape index (κ1) is 17.9. The first-order chi connectivity index (χ1) is 11.7. The first-order valence-corrected chi connectivity index (χ1v) is 8.46. The Balaban J connectivity index is 1.89. The Morgan fingerprint density at radius 2 is 1.79 bits per heavy atom. The number of anilines is 1. The van der Waals surface area contributed by atoms with Gasteiger partial charge >= 0.3 is 0 Å². The summed E-state index contributed by atoms with van der Waals surface area (Å²) in [5, 5.41) is 5.99. The molecule has 0 bridgehead atoms. The Labute approximate surface area is 148 Å². The maximum absolute atomic E-state index is 12.0. The summed E-state index contributed by atoms with van der Waals surface area (Å²) < 4.78 is 5.74. The molecule has 4 nitrogen and oxygen atoms in total. The van der Waals surface area contributed by atoms with E-state index in [0.717, 1.165) is 29.8 Å². The van der Waals surface area contributed by atoms with Crippen molar-refractivity contribution in [1.29, 1.82) is 0 Å². The van der Waals surface area contributed by atoms with E-state index in [1.165, 1.54) is 0 Å². The summed E-state index contributed by atoms with van der Waals surface area (Å²) in [5.74, 6) is 0.577.